The largest absolute Gasteiger partial charge is 0.432 e. The molecule has 0 radical (unpaired) electrons. The minimum Gasteiger partial charge on any atom is -0.432 e. The molecule has 0 heterocycles. The average Bonchev–Trinajstić information content (AvgIpc) is 2.89. The lowest BCUT2D eigenvalue weighted by Gasteiger charge is -2.18. The maximum atomic E-state index is 15.0. The second-order valence-corrected chi connectivity index (χ2v) is 8.87. The number of ether oxygens (including phenoxy) is 1. The molecule has 4 rings (SSSR count). The van der Waals surface area contributed by atoms with Gasteiger partial charge in [0, 0.05) is 23.3 Å². The molecule has 0 saturated heterocycles. The van der Waals surface area contributed by atoms with Gasteiger partial charge in [-0.2, -0.15) is 8.78 Å². The van der Waals surface area contributed by atoms with E-state index in [2.05, 4.69) is 11.7 Å². The smallest absolute Gasteiger partial charge is 0.398 e. The first-order chi connectivity index (χ1) is 18.1. The highest BCUT2D eigenvalue weighted by molar-refractivity contribution is 5.72. The van der Waals surface area contributed by atoms with Gasteiger partial charge in [0.2, 0.25) is 0 Å². The molecule has 0 unspecified atom stereocenters. The van der Waals surface area contributed by atoms with E-state index in [9.17, 15) is 30.7 Å². The lowest BCUT2D eigenvalue weighted by atomic mass is 9.97. The predicted molar refractivity (Wildman–Crippen MR) is 131 cm³/mol. The molecule has 0 spiro atoms. The number of halogens is 7. The molecule has 8 heteroatoms. The third kappa shape index (κ3) is 6.18. The topological polar surface area (TPSA) is 9.23 Å². The van der Waals surface area contributed by atoms with Crippen LogP contribution in [0.25, 0.3) is 22.3 Å². The van der Waals surface area contributed by atoms with Crippen molar-refractivity contribution >= 4 is 0 Å². The van der Waals surface area contributed by atoms with Crippen LogP contribution in [0.5, 0.6) is 5.75 Å². The quantitative estimate of drug-likeness (QED) is 0.154. The van der Waals surface area contributed by atoms with Crippen molar-refractivity contribution in [3.05, 3.63) is 113 Å². The van der Waals surface area contributed by atoms with Gasteiger partial charge in [-0.15, -0.1) is 0 Å². The molecule has 0 amide bonds. The van der Waals surface area contributed by atoms with Gasteiger partial charge in [-0.1, -0.05) is 74.0 Å². The van der Waals surface area contributed by atoms with Crippen molar-refractivity contribution in [2.45, 2.75) is 38.7 Å². The maximum Gasteiger partial charge on any atom is 0.398 e. The molecular formula is C30H23F7O. The van der Waals surface area contributed by atoms with Crippen molar-refractivity contribution < 1.29 is 35.5 Å². The number of aryl methyl sites for hydroxylation is 2. The maximum absolute atomic E-state index is 15.0. The van der Waals surface area contributed by atoms with Gasteiger partial charge in [0.15, 0.2) is 29.1 Å². The molecule has 1 nitrogen and oxygen atoms in total. The Balaban J connectivity index is 1.44. The lowest BCUT2D eigenvalue weighted by Crippen LogP contribution is -2.25. The molecule has 4 aromatic carbocycles. The zero-order chi connectivity index (χ0) is 27.4. The zero-order valence-electron chi connectivity index (χ0n) is 20.3. The third-order valence-corrected chi connectivity index (χ3v) is 6.08. The van der Waals surface area contributed by atoms with Crippen LogP contribution < -0.4 is 4.74 Å². The fraction of sp³-hybridized carbons (Fsp3) is 0.200. The molecular weight excluding hydrogens is 509 g/mol. The highest BCUT2D eigenvalue weighted by Crippen LogP contribution is 2.33. The van der Waals surface area contributed by atoms with Crippen molar-refractivity contribution in [3.63, 3.8) is 0 Å². The van der Waals surface area contributed by atoms with Crippen molar-refractivity contribution in [3.8, 4) is 28.0 Å². The van der Waals surface area contributed by atoms with Crippen LogP contribution in [0.2, 0.25) is 0 Å². The highest BCUT2D eigenvalue weighted by atomic mass is 19.3. The SMILES string of the molecule is CCCc1ccc(-c2ccc(-c3ccc(CCC(F)(F)Oc4cc(F)c(F)c(F)c4)cc3)c(F)c2F)cc1. The lowest BCUT2D eigenvalue weighted by molar-refractivity contribution is -0.180. The molecule has 4 aromatic rings. The van der Waals surface area contributed by atoms with Crippen molar-refractivity contribution in [1.82, 2.24) is 0 Å². The van der Waals surface area contributed by atoms with Crippen LogP contribution in [-0.4, -0.2) is 6.11 Å². The number of rotatable bonds is 9. The molecule has 0 atom stereocenters. The van der Waals surface area contributed by atoms with E-state index < -0.39 is 47.4 Å². The summed E-state index contributed by atoms with van der Waals surface area (Å²) in [6, 6.07) is 16.8. The number of benzene rings is 4. The van der Waals surface area contributed by atoms with Crippen LogP contribution >= 0.6 is 0 Å². The highest BCUT2D eigenvalue weighted by Gasteiger charge is 2.32. The van der Waals surface area contributed by atoms with Gasteiger partial charge in [0.25, 0.3) is 0 Å². The average molecular weight is 532 g/mol. The van der Waals surface area contributed by atoms with E-state index in [1.807, 2.05) is 12.1 Å². The molecule has 0 fully saturated rings. The molecule has 0 bridgehead atoms. The zero-order valence-corrected chi connectivity index (χ0v) is 20.3. The molecule has 0 aliphatic rings. The van der Waals surface area contributed by atoms with E-state index in [4.69, 9.17) is 0 Å². The summed E-state index contributed by atoms with van der Waals surface area (Å²) in [5.74, 6) is -7.93. The number of hydrogen-bond donors (Lipinski definition) is 0. The van der Waals surface area contributed by atoms with Gasteiger partial charge < -0.3 is 4.74 Å². The summed E-state index contributed by atoms with van der Waals surface area (Å²) >= 11 is 0. The Morgan fingerprint density at radius 1 is 0.605 bits per heavy atom. The van der Waals surface area contributed by atoms with E-state index in [0.717, 1.165) is 18.4 Å². The van der Waals surface area contributed by atoms with Crippen molar-refractivity contribution in [2.75, 3.05) is 0 Å². The molecule has 0 aliphatic carbocycles. The Kier molecular flexibility index (Phi) is 8.09. The monoisotopic (exact) mass is 532 g/mol. The minimum atomic E-state index is -3.80. The summed E-state index contributed by atoms with van der Waals surface area (Å²) in [7, 11) is 0. The Hall–Kier alpha value is -3.81. The van der Waals surface area contributed by atoms with Gasteiger partial charge >= 0.3 is 6.11 Å². The fourth-order valence-corrected chi connectivity index (χ4v) is 4.09. The first kappa shape index (κ1) is 27.2. The van der Waals surface area contributed by atoms with Gasteiger partial charge in [0.05, 0.1) is 6.42 Å². The van der Waals surface area contributed by atoms with Crippen LogP contribution in [0, 0.1) is 29.1 Å². The van der Waals surface area contributed by atoms with E-state index in [0.29, 0.717) is 28.8 Å². The van der Waals surface area contributed by atoms with Gasteiger partial charge in [0.1, 0.15) is 5.75 Å². The predicted octanol–water partition coefficient (Wildman–Crippen LogP) is 9.27. The summed E-state index contributed by atoms with van der Waals surface area (Å²) in [6.45, 7) is 2.06. The van der Waals surface area contributed by atoms with Crippen LogP contribution in [0.4, 0.5) is 30.7 Å². The van der Waals surface area contributed by atoms with E-state index in [-0.39, 0.29) is 17.5 Å². The molecule has 0 N–H and O–H groups in total. The van der Waals surface area contributed by atoms with Crippen molar-refractivity contribution in [1.29, 1.82) is 0 Å². The molecule has 0 aromatic heterocycles. The number of alkyl halides is 2. The summed E-state index contributed by atoms with van der Waals surface area (Å²) in [6.07, 6.45) is -2.96. The Morgan fingerprint density at radius 3 is 1.50 bits per heavy atom. The van der Waals surface area contributed by atoms with E-state index in [1.54, 1.807) is 12.1 Å². The summed E-state index contributed by atoms with van der Waals surface area (Å²) in [5.41, 5.74) is 2.62. The Labute approximate surface area is 215 Å². The summed E-state index contributed by atoms with van der Waals surface area (Å²) in [4.78, 5) is 0. The summed E-state index contributed by atoms with van der Waals surface area (Å²) < 4.78 is 102. The van der Waals surface area contributed by atoms with E-state index >= 15 is 0 Å². The second-order valence-electron chi connectivity index (χ2n) is 8.87. The van der Waals surface area contributed by atoms with Crippen LogP contribution in [0.3, 0.4) is 0 Å². The van der Waals surface area contributed by atoms with Gasteiger partial charge in [-0.3, -0.25) is 0 Å². The number of hydrogen-bond acceptors (Lipinski definition) is 1. The first-order valence-electron chi connectivity index (χ1n) is 12.0. The minimum absolute atomic E-state index is 0.0226. The van der Waals surface area contributed by atoms with Crippen LogP contribution in [0.15, 0.2) is 72.8 Å². The molecule has 198 valence electrons. The Morgan fingerprint density at radius 2 is 1.05 bits per heavy atom. The second kappa shape index (κ2) is 11.3. The van der Waals surface area contributed by atoms with E-state index in [1.165, 1.54) is 36.4 Å². The molecule has 0 aliphatic heterocycles. The molecule has 0 saturated carbocycles. The van der Waals surface area contributed by atoms with Gasteiger partial charge in [-0.05, 0) is 35.1 Å². The van der Waals surface area contributed by atoms with Crippen molar-refractivity contribution in [2.24, 2.45) is 0 Å². The normalized spacial score (nSPS) is 11.6. The fourth-order valence-electron chi connectivity index (χ4n) is 4.09. The van der Waals surface area contributed by atoms with Crippen LogP contribution in [-0.2, 0) is 12.8 Å². The van der Waals surface area contributed by atoms with Crippen LogP contribution in [0.1, 0.15) is 30.9 Å². The Bertz CT molecular complexity index is 1390. The van der Waals surface area contributed by atoms with Gasteiger partial charge in [-0.25, -0.2) is 22.0 Å². The molecule has 38 heavy (non-hydrogen) atoms. The third-order valence-electron chi connectivity index (χ3n) is 6.08. The standard InChI is InChI=1S/C30H23F7O/c1-2-3-18-4-8-20(9-5-18)23-12-13-24(28(34)27(23)33)21-10-6-19(7-11-21)14-15-30(36,37)38-22-16-25(31)29(35)26(32)17-22/h4-13,16-17H,2-3,14-15H2,1H3. The summed E-state index contributed by atoms with van der Waals surface area (Å²) in [5, 5.41) is 0. The first-order valence-corrected chi connectivity index (χ1v) is 12.0.